The molecular weight excluding hydrogens is 523 g/mol. The van der Waals surface area contributed by atoms with Crippen molar-refractivity contribution in [3.63, 3.8) is 0 Å². The van der Waals surface area contributed by atoms with Crippen LogP contribution in [0.25, 0.3) is 11.3 Å². The van der Waals surface area contributed by atoms with Crippen LogP contribution < -0.4 is 11.5 Å². The molecule has 1 fully saturated rings. The maximum atomic E-state index is 13.1. The van der Waals surface area contributed by atoms with Crippen LogP contribution in [0.5, 0.6) is 0 Å². The van der Waals surface area contributed by atoms with E-state index in [4.69, 9.17) is 23.1 Å². The van der Waals surface area contributed by atoms with E-state index >= 15 is 0 Å². The van der Waals surface area contributed by atoms with E-state index in [2.05, 4.69) is 22.0 Å². The Morgan fingerprint density at radius 3 is 2.68 bits per heavy atom. The molecule has 200 valence electrons. The summed E-state index contributed by atoms with van der Waals surface area (Å²) in [6.07, 6.45) is 0.357. The molecule has 38 heavy (non-hydrogen) atoms. The molecule has 2 amide bonds. The summed E-state index contributed by atoms with van der Waals surface area (Å²) in [5, 5.41) is 8.96. The van der Waals surface area contributed by atoms with Gasteiger partial charge < -0.3 is 16.4 Å². The monoisotopic (exact) mass is 547 g/mol. The van der Waals surface area contributed by atoms with Crippen LogP contribution in [0.2, 0.25) is 5.02 Å². The Balaban J connectivity index is 1.61. The number of anilines is 1. The largest absolute Gasteiger partial charge is 0.416 e. The third-order valence-electron chi connectivity index (χ3n) is 6.37. The minimum atomic E-state index is -4.51. The molecule has 9 nitrogen and oxygen atoms in total. The number of nitrogens with two attached hydrogens (primary N) is 2. The Bertz CT molecular complexity index is 1430. The van der Waals surface area contributed by atoms with Gasteiger partial charge in [-0.1, -0.05) is 17.5 Å². The van der Waals surface area contributed by atoms with Crippen LogP contribution >= 0.6 is 11.6 Å². The normalized spacial score (nSPS) is 16.0. The van der Waals surface area contributed by atoms with E-state index in [1.54, 1.807) is 16.5 Å². The van der Waals surface area contributed by atoms with Gasteiger partial charge in [-0.05, 0) is 55.9 Å². The summed E-state index contributed by atoms with van der Waals surface area (Å²) in [5.41, 5.74) is 12.0. The second kappa shape index (κ2) is 10.8. The zero-order valence-corrected chi connectivity index (χ0v) is 21.2. The Kier molecular flexibility index (Phi) is 7.68. The lowest BCUT2D eigenvalue weighted by Crippen LogP contribution is -2.31. The van der Waals surface area contributed by atoms with Gasteiger partial charge in [0.25, 0.3) is 11.8 Å². The number of primary amides is 1. The van der Waals surface area contributed by atoms with Gasteiger partial charge in [-0.15, -0.1) is 0 Å². The zero-order chi connectivity index (χ0) is 27.6. The molecule has 1 atom stereocenters. The van der Waals surface area contributed by atoms with Crippen molar-refractivity contribution < 1.29 is 22.8 Å². The molecule has 13 heteroatoms. The van der Waals surface area contributed by atoms with Crippen LogP contribution in [0.3, 0.4) is 0 Å². The van der Waals surface area contributed by atoms with Gasteiger partial charge in [0.2, 0.25) is 0 Å². The molecule has 0 unspecified atom stereocenters. The number of hydrogen-bond donors (Lipinski definition) is 2. The molecule has 1 saturated heterocycles. The molecule has 2 aromatic heterocycles. The number of carbonyl (C=O) groups is 2. The molecule has 0 aliphatic carbocycles. The maximum Gasteiger partial charge on any atom is 0.416 e. The topological polar surface area (TPSA) is 125 Å². The fourth-order valence-corrected chi connectivity index (χ4v) is 4.68. The second-order valence-electron chi connectivity index (χ2n) is 8.90. The number of hydrogen-bond acceptors (Lipinski definition) is 5. The van der Waals surface area contributed by atoms with Crippen molar-refractivity contribution in [1.29, 1.82) is 0 Å². The van der Waals surface area contributed by atoms with Gasteiger partial charge in [0.15, 0.2) is 0 Å². The Morgan fingerprint density at radius 2 is 2.00 bits per heavy atom. The summed E-state index contributed by atoms with van der Waals surface area (Å²) in [4.78, 5) is 26.2. The molecule has 0 radical (unpaired) electrons. The number of benzene rings is 1. The first-order valence-electron chi connectivity index (χ1n) is 11.8. The smallest absolute Gasteiger partial charge is 0.383 e. The van der Waals surface area contributed by atoms with E-state index in [9.17, 15) is 22.8 Å². The molecule has 1 aliphatic heterocycles. The van der Waals surface area contributed by atoms with E-state index < -0.39 is 17.6 Å². The predicted molar refractivity (Wildman–Crippen MR) is 135 cm³/mol. The van der Waals surface area contributed by atoms with Gasteiger partial charge in [-0.3, -0.25) is 14.3 Å². The Morgan fingerprint density at radius 1 is 1.24 bits per heavy atom. The number of nitrogen functional groups attached to an aromatic ring is 1. The van der Waals surface area contributed by atoms with Gasteiger partial charge >= 0.3 is 6.18 Å². The highest BCUT2D eigenvalue weighted by molar-refractivity contribution is 6.31. The first-order chi connectivity index (χ1) is 18.0. The van der Waals surface area contributed by atoms with E-state index in [0.717, 1.165) is 12.1 Å². The second-order valence-corrected chi connectivity index (χ2v) is 9.31. The SMILES string of the molecule is CC#CC(=O)N1CCC[C@H](n2nc(-c3cnn(Cc4cc(C(F)(F)F)ccc4Cl)c3)c(C(N)=O)c2N)CC1. The molecule has 4 N–H and O–H groups in total. The molecule has 4 rings (SSSR count). The quantitative estimate of drug-likeness (QED) is 0.471. The highest BCUT2D eigenvalue weighted by Gasteiger charge is 2.31. The summed E-state index contributed by atoms with van der Waals surface area (Å²) in [6, 6.07) is 2.88. The molecule has 0 spiro atoms. The molecule has 3 aromatic rings. The highest BCUT2D eigenvalue weighted by atomic mass is 35.5. The van der Waals surface area contributed by atoms with Crippen molar-refractivity contribution in [3.8, 4) is 23.1 Å². The molecule has 0 saturated carbocycles. The number of aromatic nitrogens is 4. The number of halogens is 4. The van der Waals surface area contributed by atoms with Crippen molar-refractivity contribution in [2.45, 2.75) is 44.9 Å². The van der Waals surface area contributed by atoms with Crippen molar-refractivity contribution in [3.05, 3.63) is 52.3 Å². The first kappa shape index (κ1) is 27.1. The van der Waals surface area contributed by atoms with Gasteiger partial charge in [0, 0.05) is 29.9 Å². The summed E-state index contributed by atoms with van der Waals surface area (Å²) in [5.74, 6) is 4.24. The maximum absolute atomic E-state index is 13.1. The van der Waals surface area contributed by atoms with E-state index in [1.165, 1.54) is 23.1 Å². The van der Waals surface area contributed by atoms with E-state index in [-0.39, 0.29) is 46.2 Å². The van der Waals surface area contributed by atoms with Crippen molar-refractivity contribution in [2.75, 3.05) is 18.8 Å². The zero-order valence-electron chi connectivity index (χ0n) is 20.4. The fraction of sp³-hybridized carbons (Fsp3) is 0.360. The molecule has 0 bridgehead atoms. The van der Waals surface area contributed by atoms with Gasteiger partial charge in [0.1, 0.15) is 17.1 Å². The van der Waals surface area contributed by atoms with Crippen LogP contribution in [0.4, 0.5) is 19.0 Å². The molecule has 1 aromatic carbocycles. The highest BCUT2D eigenvalue weighted by Crippen LogP contribution is 2.34. The fourth-order valence-electron chi connectivity index (χ4n) is 4.50. The summed E-state index contributed by atoms with van der Waals surface area (Å²) in [6.45, 7) is 2.56. The number of rotatable bonds is 5. The van der Waals surface area contributed by atoms with Crippen molar-refractivity contribution in [1.82, 2.24) is 24.5 Å². The number of likely N-dealkylation sites (tertiary alicyclic amines) is 1. The number of nitrogens with zero attached hydrogens (tertiary/aromatic N) is 5. The van der Waals surface area contributed by atoms with Crippen LogP contribution in [0.15, 0.2) is 30.6 Å². The lowest BCUT2D eigenvalue weighted by molar-refractivity contribution is -0.137. The lowest BCUT2D eigenvalue weighted by atomic mass is 10.1. The van der Waals surface area contributed by atoms with Gasteiger partial charge in [-0.2, -0.15) is 23.4 Å². The number of alkyl halides is 3. The van der Waals surface area contributed by atoms with Crippen LogP contribution in [0, 0.1) is 11.8 Å². The standard InChI is InChI=1S/C25H25ClF3N7O2/c1-2-4-20(37)34-9-3-5-18(8-10-34)36-23(30)21(24(31)38)22(33-36)16-12-32-35(14-16)13-15-11-17(25(27,28)29)6-7-19(15)26/h6-7,11-12,14,18H,3,5,8-10,13,30H2,1H3,(H2,31,38)/t18-/m0/s1. The minimum absolute atomic E-state index is 0.0238. The Labute approximate surface area is 221 Å². The van der Waals surface area contributed by atoms with Gasteiger partial charge in [0.05, 0.1) is 24.3 Å². The van der Waals surface area contributed by atoms with Crippen LogP contribution in [0.1, 0.15) is 53.7 Å². The summed E-state index contributed by atoms with van der Waals surface area (Å²) >= 11 is 6.12. The number of carbonyl (C=O) groups excluding carboxylic acids is 2. The molecular formula is C25H25ClF3N7O2. The summed E-state index contributed by atoms with van der Waals surface area (Å²) in [7, 11) is 0. The van der Waals surface area contributed by atoms with E-state index in [0.29, 0.717) is 37.9 Å². The third kappa shape index (κ3) is 5.62. The van der Waals surface area contributed by atoms with Crippen LogP contribution in [-0.2, 0) is 17.5 Å². The predicted octanol–water partition coefficient (Wildman–Crippen LogP) is 3.73. The molecule has 3 heterocycles. The summed E-state index contributed by atoms with van der Waals surface area (Å²) < 4.78 is 42.4. The average molecular weight is 548 g/mol. The Hall–Kier alpha value is -3.98. The van der Waals surface area contributed by atoms with Crippen molar-refractivity contribution in [2.24, 2.45) is 5.73 Å². The average Bonchev–Trinajstić information content (AvgIpc) is 3.35. The number of amides is 2. The van der Waals surface area contributed by atoms with Crippen molar-refractivity contribution >= 4 is 29.2 Å². The lowest BCUT2D eigenvalue weighted by Gasteiger charge is -2.18. The first-order valence-corrected chi connectivity index (χ1v) is 12.1. The van der Waals surface area contributed by atoms with Gasteiger partial charge in [-0.25, -0.2) is 4.68 Å². The molecule has 1 aliphatic rings. The minimum Gasteiger partial charge on any atom is -0.383 e. The third-order valence-corrected chi connectivity index (χ3v) is 6.74. The van der Waals surface area contributed by atoms with E-state index in [1.807, 2.05) is 0 Å². The van der Waals surface area contributed by atoms with Crippen LogP contribution in [-0.4, -0.2) is 49.4 Å².